The Labute approximate surface area is 91.3 Å². The third-order valence-electron chi connectivity index (χ3n) is 2.58. The zero-order valence-corrected chi connectivity index (χ0v) is 10.1. The van der Waals surface area contributed by atoms with Crippen LogP contribution in [0.25, 0.3) is 0 Å². The smallest absolute Gasteiger partial charge is 0.150 e. The first-order valence-corrected chi connectivity index (χ1v) is 7.36. The normalized spacial score (nSPS) is 24.3. The fourth-order valence-electron chi connectivity index (χ4n) is 1.64. The molecule has 0 aromatic rings. The van der Waals surface area contributed by atoms with E-state index in [1.807, 2.05) is 0 Å². The predicted molar refractivity (Wildman–Crippen MR) is 59.6 cm³/mol. The fourth-order valence-corrected chi connectivity index (χ4v) is 2.79. The van der Waals surface area contributed by atoms with Crippen molar-refractivity contribution in [1.82, 2.24) is 4.90 Å². The molecule has 1 unspecified atom stereocenters. The molecule has 1 heterocycles. The Morgan fingerprint density at radius 1 is 1.50 bits per heavy atom. The first-order chi connectivity index (χ1) is 6.53. The first kappa shape index (κ1) is 12.3. The Hall–Kier alpha value is 0.200. The van der Waals surface area contributed by atoms with Gasteiger partial charge in [-0.05, 0) is 25.9 Å². The van der Waals surface area contributed by atoms with E-state index in [9.17, 15) is 8.42 Å². The lowest BCUT2D eigenvalue weighted by atomic mass is 10.4. The molecule has 0 radical (unpaired) electrons. The number of halogens is 1. The second-order valence-electron chi connectivity index (χ2n) is 3.78. The van der Waals surface area contributed by atoms with Gasteiger partial charge in [-0.3, -0.25) is 0 Å². The summed E-state index contributed by atoms with van der Waals surface area (Å²) in [6.45, 7) is 4.48. The average Bonchev–Trinajstić information content (AvgIpc) is 2.51. The van der Waals surface area contributed by atoms with Gasteiger partial charge in [-0.2, -0.15) is 0 Å². The summed E-state index contributed by atoms with van der Waals surface area (Å²) in [6, 6.07) is 0. The Kier molecular flexibility index (Phi) is 4.67. The van der Waals surface area contributed by atoms with Crippen LogP contribution in [0.15, 0.2) is 0 Å². The maximum Gasteiger partial charge on any atom is 0.150 e. The standard InChI is InChI=1S/C9H18ClNO2S/c1-2-14(12,13)7-3-5-11-6-4-9(10)8-11/h9H,2-8H2,1H3. The first-order valence-electron chi connectivity index (χ1n) is 5.10. The predicted octanol–water partition coefficient (Wildman–Crippen LogP) is 1.12. The van der Waals surface area contributed by atoms with Gasteiger partial charge in [-0.1, -0.05) is 6.92 Å². The van der Waals surface area contributed by atoms with Crippen LogP contribution in [-0.2, 0) is 9.84 Å². The number of alkyl halides is 1. The summed E-state index contributed by atoms with van der Waals surface area (Å²) in [4.78, 5) is 2.24. The van der Waals surface area contributed by atoms with Crippen molar-refractivity contribution in [2.24, 2.45) is 0 Å². The van der Waals surface area contributed by atoms with Crippen LogP contribution in [0.4, 0.5) is 0 Å². The number of rotatable bonds is 5. The Balaban J connectivity index is 2.16. The van der Waals surface area contributed by atoms with E-state index in [-0.39, 0.29) is 11.1 Å². The lowest BCUT2D eigenvalue weighted by Crippen LogP contribution is -2.24. The molecule has 0 aliphatic carbocycles. The summed E-state index contributed by atoms with van der Waals surface area (Å²) >= 11 is 5.94. The molecule has 1 fully saturated rings. The molecule has 1 saturated heterocycles. The summed E-state index contributed by atoms with van der Waals surface area (Å²) in [6.07, 6.45) is 1.77. The number of hydrogen-bond donors (Lipinski definition) is 0. The van der Waals surface area contributed by atoms with Gasteiger partial charge in [0.15, 0.2) is 0 Å². The van der Waals surface area contributed by atoms with Crippen molar-refractivity contribution in [2.45, 2.75) is 25.1 Å². The molecule has 0 N–H and O–H groups in total. The SMILES string of the molecule is CCS(=O)(=O)CCCN1CCC(Cl)C1. The molecule has 0 amide bonds. The maximum absolute atomic E-state index is 11.2. The molecule has 0 saturated carbocycles. The fraction of sp³-hybridized carbons (Fsp3) is 1.00. The van der Waals surface area contributed by atoms with Crippen molar-refractivity contribution < 1.29 is 8.42 Å². The third-order valence-corrected chi connectivity index (χ3v) is 4.73. The van der Waals surface area contributed by atoms with Crippen molar-refractivity contribution in [2.75, 3.05) is 31.1 Å². The lowest BCUT2D eigenvalue weighted by Gasteiger charge is -2.13. The summed E-state index contributed by atoms with van der Waals surface area (Å²) in [7, 11) is -2.78. The monoisotopic (exact) mass is 239 g/mol. The molecule has 84 valence electrons. The molecular weight excluding hydrogens is 222 g/mol. The van der Waals surface area contributed by atoms with E-state index in [2.05, 4.69) is 4.90 Å². The molecule has 14 heavy (non-hydrogen) atoms. The largest absolute Gasteiger partial charge is 0.302 e. The zero-order chi connectivity index (χ0) is 10.6. The third kappa shape index (κ3) is 4.15. The van der Waals surface area contributed by atoms with E-state index in [4.69, 9.17) is 11.6 Å². The minimum Gasteiger partial charge on any atom is -0.302 e. The van der Waals surface area contributed by atoms with E-state index in [0.29, 0.717) is 5.75 Å². The summed E-state index contributed by atoms with van der Waals surface area (Å²) in [5, 5.41) is 0.262. The number of hydrogen-bond acceptors (Lipinski definition) is 3. The van der Waals surface area contributed by atoms with Gasteiger partial charge in [0, 0.05) is 17.7 Å². The maximum atomic E-state index is 11.2. The van der Waals surface area contributed by atoms with Crippen LogP contribution in [0.2, 0.25) is 0 Å². The van der Waals surface area contributed by atoms with Crippen LogP contribution in [-0.4, -0.2) is 49.8 Å². The minimum absolute atomic E-state index is 0.255. The Morgan fingerprint density at radius 2 is 2.21 bits per heavy atom. The topological polar surface area (TPSA) is 37.4 Å². The highest BCUT2D eigenvalue weighted by Crippen LogP contribution is 2.14. The van der Waals surface area contributed by atoms with Gasteiger partial charge in [0.05, 0.1) is 5.75 Å². The van der Waals surface area contributed by atoms with Crippen LogP contribution in [0, 0.1) is 0 Å². The summed E-state index contributed by atoms with van der Waals surface area (Å²) < 4.78 is 22.4. The highest BCUT2D eigenvalue weighted by molar-refractivity contribution is 7.91. The number of sulfone groups is 1. The van der Waals surface area contributed by atoms with Crippen molar-refractivity contribution in [1.29, 1.82) is 0 Å². The highest BCUT2D eigenvalue weighted by atomic mass is 35.5. The van der Waals surface area contributed by atoms with Crippen molar-refractivity contribution >= 4 is 21.4 Å². The van der Waals surface area contributed by atoms with Crippen LogP contribution < -0.4 is 0 Å². The van der Waals surface area contributed by atoms with Crippen LogP contribution in [0.3, 0.4) is 0 Å². The van der Waals surface area contributed by atoms with Gasteiger partial charge in [0.25, 0.3) is 0 Å². The van der Waals surface area contributed by atoms with Crippen molar-refractivity contribution in [3.63, 3.8) is 0 Å². The quantitative estimate of drug-likeness (QED) is 0.675. The highest BCUT2D eigenvalue weighted by Gasteiger charge is 2.20. The van der Waals surface area contributed by atoms with Gasteiger partial charge in [0.1, 0.15) is 9.84 Å². The Morgan fingerprint density at radius 3 is 2.71 bits per heavy atom. The molecule has 0 bridgehead atoms. The molecule has 0 aromatic carbocycles. The van der Waals surface area contributed by atoms with E-state index >= 15 is 0 Å². The molecule has 1 atom stereocenters. The summed E-state index contributed by atoms with van der Waals surface area (Å²) in [5.41, 5.74) is 0. The molecule has 1 aliphatic rings. The van der Waals surface area contributed by atoms with E-state index in [1.54, 1.807) is 6.92 Å². The van der Waals surface area contributed by atoms with Gasteiger partial charge in [0.2, 0.25) is 0 Å². The summed E-state index contributed by atoms with van der Waals surface area (Å²) in [5.74, 6) is 0.568. The van der Waals surface area contributed by atoms with E-state index in [0.717, 1.165) is 32.5 Å². The molecule has 0 spiro atoms. The zero-order valence-electron chi connectivity index (χ0n) is 8.58. The van der Waals surface area contributed by atoms with Crippen LogP contribution in [0.1, 0.15) is 19.8 Å². The van der Waals surface area contributed by atoms with Gasteiger partial charge in [-0.15, -0.1) is 11.6 Å². The lowest BCUT2D eigenvalue weighted by molar-refractivity contribution is 0.340. The number of nitrogens with zero attached hydrogens (tertiary/aromatic N) is 1. The molecule has 1 rings (SSSR count). The van der Waals surface area contributed by atoms with Gasteiger partial charge in [-0.25, -0.2) is 8.42 Å². The van der Waals surface area contributed by atoms with E-state index in [1.165, 1.54) is 0 Å². The Bertz CT molecular complexity index is 266. The van der Waals surface area contributed by atoms with Crippen molar-refractivity contribution in [3.8, 4) is 0 Å². The van der Waals surface area contributed by atoms with Crippen LogP contribution >= 0.6 is 11.6 Å². The average molecular weight is 240 g/mol. The van der Waals surface area contributed by atoms with Crippen molar-refractivity contribution in [3.05, 3.63) is 0 Å². The molecule has 5 heteroatoms. The van der Waals surface area contributed by atoms with Crippen LogP contribution in [0.5, 0.6) is 0 Å². The second kappa shape index (κ2) is 5.33. The van der Waals surface area contributed by atoms with Gasteiger partial charge >= 0.3 is 0 Å². The molecule has 3 nitrogen and oxygen atoms in total. The van der Waals surface area contributed by atoms with E-state index < -0.39 is 9.84 Å². The molecule has 0 aromatic heterocycles. The second-order valence-corrected chi connectivity index (χ2v) is 6.87. The minimum atomic E-state index is -2.78. The molecular formula is C9H18ClNO2S. The van der Waals surface area contributed by atoms with Gasteiger partial charge < -0.3 is 4.90 Å². The molecule has 1 aliphatic heterocycles. The number of likely N-dealkylation sites (tertiary alicyclic amines) is 1.